The quantitative estimate of drug-likeness (QED) is 0.861. The highest BCUT2D eigenvalue weighted by Gasteiger charge is 2.19. The zero-order valence-electron chi connectivity index (χ0n) is 9.18. The zero-order chi connectivity index (χ0) is 11.4. The van der Waals surface area contributed by atoms with Crippen molar-refractivity contribution in [2.75, 3.05) is 20.3 Å². The molecule has 6 heteroatoms. The van der Waals surface area contributed by atoms with Crippen molar-refractivity contribution in [3.05, 3.63) is 16.6 Å². The van der Waals surface area contributed by atoms with E-state index in [4.69, 9.17) is 4.74 Å². The van der Waals surface area contributed by atoms with E-state index in [2.05, 4.69) is 10.3 Å². The van der Waals surface area contributed by atoms with Crippen molar-refractivity contribution < 1.29 is 9.53 Å². The molecule has 1 unspecified atom stereocenters. The summed E-state index contributed by atoms with van der Waals surface area (Å²) in [6.45, 7) is 1.90. The van der Waals surface area contributed by atoms with Crippen LogP contribution in [0.3, 0.4) is 0 Å². The second kappa shape index (κ2) is 5.27. The molecule has 88 valence electrons. The van der Waals surface area contributed by atoms with Crippen LogP contribution in [0.2, 0.25) is 0 Å². The Balaban J connectivity index is 1.79. The Bertz CT molecular complexity index is 336. The van der Waals surface area contributed by atoms with Crippen LogP contribution in [0.5, 0.6) is 0 Å². The summed E-state index contributed by atoms with van der Waals surface area (Å²) in [5.74, 6) is 0. The molecule has 2 rings (SSSR count). The van der Waals surface area contributed by atoms with E-state index in [0.29, 0.717) is 13.2 Å². The number of amides is 2. The third-order valence-electron chi connectivity index (χ3n) is 2.49. The fraction of sp³-hybridized carbons (Fsp3) is 0.600. The normalized spacial score (nSPS) is 19.7. The van der Waals surface area contributed by atoms with Gasteiger partial charge in [-0.15, -0.1) is 11.3 Å². The van der Waals surface area contributed by atoms with Crippen LogP contribution in [0.15, 0.2) is 10.9 Å². The van der Waals surface area contributed by atoms with E-state index in [1.54, 1.807) is 17.5 Å². The first-order valence-corrected chi connectivity index (χ1v) is 6.16. The average Bonchev–Trinajstić information content (AvgIpc) is 2.90. The molecule has 0 aromatic carbocycles. The molecule has 0 bridgehead atoms. The Labute approximate surface area is 98.4 Å². The minimum absolute atomic E-state index is 0.0662. The number of aromatic nitrogens is 1. The van der Waals surface area contributed by atoms with E-state index in [0.717, 1.165) is 18.7 Å². The van der Waals surface area contributed by atoms with Gasteiger partial charge < -0.3 is 15.0 Å². The number of urea groups is 1. The lowest BCUT2D eigenvalue weighted by Crippen LogP contribution is -2.43. The molecule has 0 spiro atoms. The molecule has 0 aliphatic carbocycles. The first kappa shape index (κ1) is 11.3. The molecule has 1 atom stereocenters. The van der Waals surface area contributed by atoms with Crippen LogP contribution < -0.4 is 5.32 Å². The van der Waals surface area contributed by atoms with Crippen molar-refractivity contribution >= 4 is 17.4 Å². The molecule has 0 radical (unpaired) electrons. The van der Waals surface area contributed by atoms with E-state index in [1.165, 1.54) is 11.3 Å². The molecule has 2 amide bonds. The van der Waals surface area contributed by atoms with Gasteiger partial charge in [0.2, 0.25) is 0 Å². The predicted octanol–water partition coefficient (Wildman–Crippen LogP) is 1.07. The maximum absolute atomic E-state index is 11.8. The first-order valence-electron chi connectivity index (χ1n) is 5.22. The summed E-state index contributed by atoms with van der Waals surface area (Å²) in [5, 5.41) is 4.88. The summed E-state index contributed by atoms with van der Waals surface area (Å²) in [6, 6.07) is 0.0916. The van der Waals surface area contributed by atoms with Crippen LogP contribution in [0, 0.1) is 0 Å². The van der Waals surface area contributed by atoms with Crippen LogP contribution in [0.1, 0.15) is 12.1 Å². The lowest BCUT2D eigenvalue weighted by Gasteiger charge is -2.19. The van der Waals surface area contributed by atoms with Crippen LogP contribution in [-0.4, -0.2) is 42.2 Å². The van der Waals surface area contributed by atoms with Gasteiger partial charge in [-0.05, 0) is 6.42 Å². The van der Waals surface area contributed by atoms with Gasteiger partial charge in [-0.3, -0.25) is 0 Å². The Morgan fingerprint density at radius 3 is 3.31 bits per heavy atom. The Hall–Kier alpha value is -1.14. The van der Waals surface area contributed by atoms with Crippen molar-refractivity contribution in [2.45, 2.75) is 19.0 Å². The monoisotopic (exact) mass is 241 g/mol. The Kier molecular flexibility index (Phi) is 3.74. The number of hydrogen-bond donors (Lipinski definition) is 1. The SMILES string of the molecule is CN(Cc1cscn1)C(=O)NC1CCOC1. The number of hydrogen-bond acceptors (Lipinski definition) is 4. The number of ether oxygens (including phenoxy) is 1. The van der Waals surface area contributed by atoms with E-state index in [1.807, 2.05) is 5.38 Å². The molecule has 1 saturated heterocycles. The molecule has 1 aromatic rings. The van der Waals surface area contributed by atoms with Gasteiger partial charge in [0.05, 0.1) is 30.4 Å². The molecule has 5 nitrogen and oxygen atoms in total. The third-order valence-corrected chi connectivity index (χ3v) is 3.12. The highest BCUT2D eigenvalue weighted by atomic mass is 32.1. The van der Waals surface area contributed by atoms with Crippen molar-refractivity contribution in [3.63, 3.8) is 0 Å². The number of nitrogens with zero attached hydrogens (tertiary/aromatic N) is 2. The molecule has 16 heavy (non-hydrogen) atoms. The minimum Gasteiger partial charge on any atom is -0.379 e. The Morgan fingerprint density at radius 1 is 1.81 bits per heavy atom. The van der Waals surface area contributed by atoms with Gasteiger partial charge in [0, 0.05) is 19.0 Å². The summed E-state index contributed by atoms with van der Waals surface area (Å²) in [4.78, 5) is 17.5. The molecule has 1 N–H and O–H groups in total. The average molecular weight is 241 g/mol. The third kappa shape index (κ3) is 2.93. The molecular weight excluding hydrogens is 226 g/mol. The van der Waals surface area contributed by atoms with Gasteiger partial charge in [-0.1, -0.05) is 0 Å². The molecular formula is C10H15N3O2S. The molecule has 1 aliphatic rings. The second-order valence-electron chi connectivity index (χ2n) is 3.85. The van der Waals surface area contributed by atoms with Crippen molar-refractivity contribution in [1.82, 2.24) is 15.2 Å². The fourth-order valence-electron chi connectivity index (χ4n) is 1.56. The van der Waals surface area contributed by atoms with Gasteiger partial charge in [-0.25, -0.2) is 9.78 Å². The van der Waals surface area contributed by atoms with Gasteiger partial charge in [0.25, 0.3) is 0 Å². The highest BCUT2D eigenvalue weighted by Crippen LogP contribution is 2.06. The van der Waals surface area contributed by atoms with Crippen LogP contribution >= 0.6 is 11.3 Å². The lowest BCUT2D eigenvalue weighted by atomic mass is 10.3. The summed E-state index contributed by atoms with van der Waals surface area (Å²) in [5.41, 5.74) is 2.69. The predicted molar refractivity (Wildman–Crippen MR) is 61.3 cm³/mol. The fourth-order valence-corrected chi connectivity index (χ4v) is 2.11. The largest absolute Gasteiger partial charge is 0.379 e. The summed E-state index contributed by atoms with van der Waals surface area (Å²) >= 11 is 1.54. The lowest BCUT2D eigenvalue weighted by molar-refractivity contribution is 0.181. The Morgan fingerprint density at radius 2 is 2.69 bits per heavy atom. The summed E-state index contributed by atoms with van der Waals surface area (Å²) in [6.07, 6.45) is 0.899. The molecule has 1 aliphatic heterocycles. The van der Waals surface area contributed by atoms with Crippen LogP contribution in [0.25, 0.3) is 0 Å². The molecule has 1 aromatic heterocycles. The van der Waals surface area contributed by atoms with Crippen molar-refractivity contribution in [3.8, 4) is 0 Å². The van der Waals surface area contributed by atoms with Crippen LogP contribution in [-0.2, 0) is 11.3 Å². The van der Waals surface area contributed by atoms with E-state index >= 15 is 0 Å². The van der Waals surface area contributed by atoms with E-state index in [9.17, 15) is 4.79 Å². The maximum Gasteiger partial charge on any atom is 0.317 e. The molecule has 0 saturated carbocycles. The smallest absolute Gasteiger partial charge is 0.317 e. The second-order valence-corrected chi connectivity index (χ2v) is 4.56. The van der Waals surface area contributed by atoms with Crippen LogP contribution in [0.4, 0.5) is 4.79 Å². The maximum atomic E-state index is 11.8. The number of rotatable bonds is 3. The molecule has 2 heterocycles. The van der Waals surface area contributed by atoms with Gasteiger partial charge >= 0.3 is 6.03 Å². The standard InChI is InChI=1S/C10H15N3O2S/c1-13(4-9-6-16-7-11-9)10(14)12-8-2-3-15-5-8/h6-8H,2-5H2,1H3,(H,12,14). The van der Waals surface area contributed by atoms with E-state index in [-0.39, 0.29) is 12.1 Å². The highest BCUT2D eigenvalue weighted by molar-refractivity contribution is 7.07. The topological polar surface area (TPSA) is 54.5 Å². The number of carbonyl (C=O) groups is 1. The first-order chi connectivity index (χ1) is 7.75. The minimum atomic E-state index is -0.0662. The zero-order valence-corrected chi connectivity index (χ0v) is 10.00. The van der Waals surface area contributed by atoms with Gasteiger partial charge in [-0.2, -0.15) is 0 Å². The number of nitrogens with one attached hydrogen (secondary N) is 1. The van der Waals surface area contributed by atoms with Crippen molar-refractivity contribution in [2.24, 2.45) is 0 Å². The molecule has 1 fully saturated rings. The summed E-state index contributed by atoms with van der Waals surface area (Å²) in [7, 11) is 1.77. The van der Waals surface area contributed by atoms with Gasteiger partial charge in [0.1, 0.15) is 0 Å². The summed E-state index contributed by atoms with van der Waals surface area (Å²) < 4.78 is 5.20. The number of thiazole rings is 1. The number of carbonyl (C=O) groups excluding carboxylic acids is 1. The van der Waals surface area contributed by atoms with Gasteiger partial charge in [0.15, 0.2) is 0 Å². The van der Waals surface area contributed by atoms with E-state index < -0.39 is 0 Å². The van der Waals surface area contributed by atoms with Crippen molar-refractivity contribution in [1.29, 1.82) is 0 Å².